The quantitative estimate of drug-likeness (QED) is 0.758. The van der Waals surface area contributed by atoms with Crippen LogP contribution in [0.2, 0.25) is 0 Å². The molecule has 0 spiro atoms. The van der Waals surface area contributed by atoms with Crippen LogP contribution in [-0.2, 0) is 16.0 Å². The smallest absolute Gasteiger partial charge is 0.322 e. The first-order valence-electron chi connectivity index (χ1n) is 7.99. The molecule has 0 radical (unpaired) electrons. The number of hydrogen-bond acceptors (Lipinski definition) is 4. The largest absolute Gasteiger partial charge is 0.480 e. The Morgan fingerprint density at radius 3 is 2.00 bits per heavy atom. The van der Waals surface area contributed by atoms with Crippen LogP contribution in [0.4, 0.5) is 0 Å². The molecule has 2 N–H and O–H groups in total. The molecule has 132 valence electrons. The van der Waals surface area contributed by atoms with Gasteiger partial charge in [-0.3, -0.25) is 24.1 Å². The first-order valence-corrected chi connectivity index (χ1v) is 7.99. The molecule has 0 saturated carbocycles. The van der Waals surface area contributed by atoms with Crippen molar-refractivity contribution in [2.75, 3.05) is 6.54 Å². The lowest BCUT2D eigenvalue weighted by atomic mass is 10.0. The van der Waals surface area contributed by atoms with Gasteiger partial charge in [-0.25, -0.2) is 0 Å². The van der Waals surface area contributed by atoms with Crippen LogP contribution < -0.4 is 5.32 Å². The molecule has 2 aromatic rings. The van der Waals surface area contributed by atoms with Crippen LogP contribution in [0.25, 0.3) is 0 Å². The van der Waals surface area contributed by atoms with Crippen molar-refractivity contribution in [3.8, 4) is 0 Å². The second-order valence-electron chi connectivity index (χ2n) is 5.84. The number of carbonyl (C=O) groups excluding carboxylic acids is 3. The molecule has 0 fully saturated rings. The van der Waals surface area contributed by atoms with Gasteiger partial charge in [0.15, 0.2) is 0 Å². The van der Waals surface area contributed by atoms with Gasteiger partial charge in [-0.05, 0) is 17.7 Å². The number of benzene rings is 2. The third kappa shape index (κ3) is 3.32. The van der Waals surface area contributed by atoms with Gasteiger partial charge in [0, 0.05) is 6.42 Å². The lowest BCUT2D eigenvalue weighted by Gasteiger charge is -2.25. The van der Waals surface area contributed by atoms with Gasteiger partial charge in [0.2, 0.25) is 5.91 Å². The van der Waals surface area contributed by atoms with E-state index < -0.39 is 36.3 Å². The summed E-state index contributed by atoms with van der Waals surface area (Å²) in [6.07, 6.45) is 0.0950. The van der Waals surface area contributed by atoms with Crippen molar-refractivity contribution in [1.29, 1.82) is 0 Å². The predicted molar refractivity (Wildman–Crippen MR) is 91.5 cm³/mol. The number of imide groups is 1. The zero-order valence-corrected chi connectivity index (χ0v) is 13.7. The average molecular weight is 352 g/mol. The fourth-order valence-corrected chi connectivity index (χ4v) is 2.91. The predicted octanol–water partition coefficient (Wildman–Crippen LogP) is 1.09. The van der Waals surface area contributed by atoms with Gasteiger partial charge in [0.1, 0.15) is 12.6 Å². The van der Waals surface area contributed by atoms with Gasteiger partial charge in [-0.15, -0.1) is 0 Å². The van der Waals surface area contributed by atoms with E-state index >= 15 is 0 Å². The van der Waals surface area contributed by atoms with Crippen LogP contribution >= 0.6 is 0 Å². The molecule has 7 nitrogen and oxygen atoms in total. The lowest BCUT2D eigenvalue weighted by molar-refractivity contribution is -0.138. The Morgan fingerprint density at radius 2 is 1.46 bits per heavy atom. The Bertz CT molecular complexity index is 844. The standard InChI is InChI=1S/C19H16N2O5/c22-16(23)11-20-17(24)15(10-12-6-2-1-3-7-12)21-18(25)13-8-4-5-9-14(13)19(21)26/h1-9,15H,10-11H2,(H,20,24)(H,22,23)/t15-/m0/s1. The van der Waals surface area contributed by atoms with E-state index in [1.807, 2.05) is 6.07 Å². The number of rotatable bonds is 6. The zero-order valence-electron chi connectivity index (χ0n) is 13.7. The van der Waals surface area contributed by atoms with E-state index in [0.29, 0.717) is 0 Å². The molecular weight excluding hydrogens is 336 g/mol. The molecule has 7 heteroatoms. The van der Waals surface area contributed by atoms with E-state index in [9.17, 15) is 19.2 Å². The summed E-state index contributed by atoms with van der Waals surface area (Å²) in [5.74, 6) is -3.01. The summed E-state index contributed by atoms with van der Waals surface area (Å²) in [6.45, 7) is -0.590. The van der Waals surface area contributed by atoms with Gasteiger partial charge in [-0.2, -0.15) is 0 Å². The number of fused-ring (bicyclic) bond motifs is 1. The van der Waals surface area contributed by atoms with Crippen LogP contribution in [0.5, 0.6) is 0 Å². The second kappa shape index (κ2) is 7.18. The highest BCUT2D eigenvalue weighted by Crippen LogP contribution is 2.26. The van der Waals surface area contributed by atoms with Crippen molar-refractivity contribution in [3.05, 3.63) is 71.3 Å². The maximum Gasteiger partial charge on any atom is 0.322 e. The first kappa shape index (κ1) is 17.3. The van der Waals surface area contributed by atoms with Gasteiger partial charge >= 0.3 is 5.97 Å². The molecule has 1 aliphatic rings. The van der Waals surface area contributed by atoms with Crippen molar-refractivity contribution >= 4 is 23.7 Å². The van der Waals surface area contributed by atoms with E-state index in [1.165, 1.54) is 12.1 Å². The SMILES string of the molecule is O=C(O)CNC(=O)[C@H](Cc1ccccc1)N1C(=O)c2ccccc2C1=O. The van der Waals surface area contributed by atoms with Crippen LogP contribution in [-0.4, -0.2) is 46.3 Å². The summed E-state index contributed by atoms with van der Waals surface area (Å²) in [4.78, 5) is 49.6. The third-order valence-corrected chi connectivity index (χ3v) is 4.13. The minimum absolute atomic E-state index is 0.0950. The van der Waals surface area contributed by atoms with Crippen LogP contribution in [0, 0.1) is 0 Å². The third-order valence-electron chi connectivity index (χ3n) is 4.13. The highest BCUT2D eigenvalue weighted by atomic mass is 16.4. The Kier molecular flexibility index (Phi) is 4.79. The second-order valence-corrected chi connectivity index (χ2v) is 5.84. The number of nitrogens with one attached hydrogen (secondary N) is 1. The summed E-state index contributed by atoms with van der Waals surface area (Å²) in [7, 11) is 0. The van der Waals surface area contributed by atoms with Gasteiger partial charge in [0.25, 0.3) is 11.8 Å². The first-order chi connectivity index (χ1) is 12.5. The molecule has 3 rings (SSSR count). The summed E-state index contributed by atoms with van der Waals surface area (Å²) in [5.41, 5.74) is 1.22. The fourth-order valence-electron chi connectivity index (χ4n) is 2.91. The van der Waals surface area contributed by atoms with E-state index in [0.717, 1.165) is 10.5 Å². The molecule has 1 atom stereocenters. The normalized spacial score (nSPS) is 14.1. The minimum Gasteiger partial charge on any atom is -0.480 e. The maximum atomic E-state index is 12.7. The van der Waals surface area contributed by atoms with Crippen molar-refractivity contribution in [2.24, 2.45) is 0 Å². The number of amides is 3. The van der Waals surface area contributed by atoms with Gasteiger partial charge < -0.3 is 10.4 Å². The van der Waals surface area contributed by atoms with E-state index in [4.69, 9.17) is 5.11 Å². The van der Waals surface area contributed by atoms with Crippen LogP contribution in [0.3, 0.4) is 0 Å². The maximum absolute atomic E-state index is 12.7. The molecular formula is C19H16N2O5. The summed E-state index contributed by atoms with van der Waals surface area (Å²) in [5, 5.41) is 11.0. The highest BCUT2D eigenvalue weighted by molar-refractivity contribution is 6.22. The zero-order chi connectivity index (χ0) is 18.7. The summed E-state index contributed by atoms with van der Waals surface area (Å²) < 4.78 is 0. The molecule has 1 heterocycles. The molecule has 26 heavy (non-hydrogen) atoms. The minimum atomic E-state index is -1.21. The molecule has 0 aromatic heterocycles. The Balaban J connectivity index is 1.93. The Morgan fingerprint density at radius 1 is 0.923 bits per heavy atom. The van der Waals surface area contributed by atoms with Gasteiger partial charge in [0.05, 0.1) is 11.1 Å². The molecule has 0 unspecified atom stereocenters. The highest BCUT2D eigenvalue weighted by Gasteiger charge is 2.42. The monoisotopic (exact) mass is 352 g/mol. The molecule has 0 bridgehead atoms. The van der Waals surface area contributed by atoms with Crippen molar-refractivity contribution < 1.29 is 24.3 Å². The molecule has 3 amide bonds. The lowest BCUT2D eigenvalue weighted by Crippen LogP contribution is -2.51. The van der Waals surface area contributed by atoms with Crippen LogP contribution in [0.1, 0.15) is 26.3 Å². The Hall–Kier alpha value is -3.48. The number of carboxylic acids is 1. The van der Waals surface area contributed by atoms with Crippen molar-refractivity contribution in [1.82, 2.24) is 10.2 Å². The average Bonchev–Trinajstić information content (AvgIpc) is 2.90. The Labute approximate surface area is 149 Å². The van der Waals surface area contributed by atoms with Crippen molar-refractivity contribution in [2.45, 2.75) is 12.5 Å². The van der Waals surface area contributed by atoms with E-state index in [2.05, 4.69) is 5.32 Å². The molecule has 0 saturated heterocycles. The summed E-state index contributed by atoms with van der Waals surface area (Å²) >= 11 is 0. The number of nitrogens with zero attached hydrogens (tertiary/aromatic N) is 1. The number of carbonyl (C=O) groups is 4. The molecule has 0 aliphatic carbocycles. The number of carboxylic acid groups (broad SMARTS) is 1. The summed E-state index contributed by atoms with van der Waals surface area (Å²) in [6, 6.07) is 14.1. The number of hydrogen-bond donors (Lipinski definition) is 2. The van der Waals surface area contributed by atoms with Crippen molar-refractivity contribution in [3.63, 3.8) is 0 Å². The van der Waals surface area contributed by atoms with Gasteiger partial charge in [-0.1, -0.05) is 42.5 Å². The van der Waals surface area contributed by atoms with E-state index in [-0.39, 0.29) is 17.5 Å². The molecule has 1 aliphatic heterocycles. The van der Waals surface area contributed by atoms with E-state index in [1.54, 1.807) is 36.4 Å². The van der Waals surface area contributed by atoms with Crippen LogP contribution in [0.15, 0.2) is 54.6 Å². The fraction of sp³-hybridized carbons (Fsp3) is 0.158. The topological polar surface area (TPSA) is 104 Å². The molecule has 2 aromatic carbocycles. The number of aliphatic carboxylic acids is 1.